The van der Waals surface area contributed by atoms with Crippen LogP contribution in [0.15, 0.2) is 0 Å². The van der Waals surface area contributed by atoms with E-state index in [4.69, 9.17) is 0 Å². The highest BCUT2D eigenvalue weighted by atomic mass is 16.1. The van der Waals surface area contributed by atoms with Crippen LogP contribution in [0.3, 0.4) is 0 Å². The molecule has 0 aliphatic carbocycles. The summed E-state index contributed by atoms with van der Waals surface area (Å²) in [6, 6.07) is 0. The predicted octanol–water partition coefficient (Wildman–Crippen LogP) is 0.588. The first-order valence-corrected chi connectivity index (χ1v) is 6.52. The van der Waals surface area contributed by atoms with Gasteiger partial charge in [-0.05, 0) is 45.4 Å². The van der Waals surface area contributed by atoms with Crippen LogP contribution in [0.2, 0.25) is 0 Å². The van der Waals surface area contributed by atoms with Gasteiger partial charge >= 0.3 is 0 Å². The molecule has 2 N–H and O–H groups in total. The van der Waals surface area contributed by atoms with Gasteiger partial charge in [-0.2, -0.15) is 0 Å². The minimum atomic E-state index is 0.198. The van der Waals surface area contributed by atoms with Gasteiger partial charge in [0.1, 0.15) is 0 Å². The average Bonchev–Trinajstić information content (AvgIpc) is 2.79. The average molecular weight is 227 g/mol. The molecule has 0 spiro atoms. The van der Waals surface area contributed by atoms with E-state index in [1.165, 1.54) is 25.9 Å². The second kappa shape index (κ2) is 8.53. The third-order valence-electron chi connectivity index (χ3n) is 2.96. The first-order valence-electron chi connectivity index (χ1n) is 6.52. The highest BCUT2D eigenvalue weighted by molar-refractivity contribution is 5.75. The van der Waals surface area contributed by atoms with Gasteiger partial charge in [-0.1, -0.05) is 6.92 Å². The molecule has 1 fully saturated rings. The molecule has 1 rings (SSSR count). The number of rotatable bonds is 8. The number of hydrogen-bond donors (Lipinski definition) is 2. The van der Waals surface area contributed by atoms with Gasteiger partial charge in [-0.3, -0.25) is 4.79 Å². The zero-order chi connectivity index (χ0) is 11.6. The van der Waals surface area contributed by atoms with Gasteiger partial charge in [0.05, 0.1) is 0 Å². The molecule has 0 radical (unpaired) electrons. The lowest BCUT2D eigenvalue weighted by Gasteiger charge is -2.13. The van der Waals surface area contributed by atoms with Crippen molar-refractivity contribution in [3.05, 3.63) is 0 Å². The summed E-state index contributed by atoms with van der Waals surface area (Å²) in [6.07, 6.45) is 4.26. The van der Waals surface area contributed by atoms with E-state index in [2.05, 4.69) is 22.5 Å². The second-order valence-electron chi connectivity index (χ2n) is 4.36. The van der Waals surface area contributed by atoms with Crippen molar-refractivity contribution in [3.63, 3.8) is 0 Å². The molecular weight excluding hydrogens is 202 g/mol. The lowest BCUT2D eigenvalue weighted by molar-refractivity contribution is -0.121. The van der Waals surface area contributed by atoms with Gasteiger partial charge in [0, 0.05) is 19.5 Å². The number of amides is 1. The molecule has 4 nitrogen and oxygen atoms in total. The summed E-state index contributed by atoms with van der Waals surface area (Å²) in [4.78, 5) is 13.8. The van der Waals surface area contributed by atoms with Gasteiger partial charge in [0.15, 0.2) is 0 Å². The van der Waals surface area contributed by atoms with Crippen molar-refractivity contribution in [1.82, 2.24) is 15.5 Å². The molecule has 0 saturated carbocycles. The van der Waals surface area contributed by atoms with Crippen LogP contribution >= 0.6 is 0 Å². The Kier molecular flexibility index (Phi) is 7.17. The molecule has 1 saturated heterocycles. The van der Waals surface area contributed by atoms with Crippen molar-refractivity contribution in [2.45, 2.75) is 32.6 Å². The highest BCUT2D eigenvalue weighted by Crippen LogP contribution is 2.06. The second-order valence-corrected chi connectivity index (χ2v) is 4.36. The Hall–Kier alpha value is -0.610. The van der Waals surface area contributed by atoms with E-state index < -0.39 is 0 Å². The quantitative estimate of drug-likeness (QED) is 0.597. The summed E-state index contributed by atoms with van der Waals surface area (Å²) in [5.74, 6) is 0.198. The molecule has 0 aromatic rings. The molecule has 0 aromatic heterocycles. The fourth-order valence-electron chi connectivity index (χ4n) is 1.97. The maximum absolute atomic E-state index is 11.5. The maximum Gasteiger partial charge on any atom is 0.221 e. The van der Waals surface area contributed by atoms with Gasteiger partial charge in [0.25, 0.3) is 0 Å². The van der Waals surface area contributed by atoms with Gasteiger partial charge < -0.3 is 15.5 Å². The zero-order valence-electron chi connectivity index (χ0n) is 10.4. The number of carbonyl (C=O) groups excluding carboxylic acids is 1. The van der Waals surface area contributed by atoms with Gasteiger partial charge in [0.2, 0.25) is 5.91 Å². The SMILES string of the molecule is CCNCCCNC(=O)CCN1CCCC1. The molecule has 1 aliphatic heterocycles. The molecule has 0 atom stereocenters. The van der Waals surface area contributed by atoms with Crippen molar-refractivity contribution >= 4 is 5.91 Å². The van der Waals surface area contributed by atoms with E-state index in [1.54, 1.807) is 0 Å². The topological polar surface area (TPSA) is 44.4 Å². The Morgan fingerprint density at radius 1 is 1.25 bits per heavy atom. The van der Waals surface area contributed by atoms with Crippen LogP contribution in [0.25, 0.3) is 0 Å². The lowest BCUT2D eigenvalue weighted by atomic mass is 10.3. The number of hydrogen-bond acceptors (Lipinski definition) is 3. The molecule has 16 heavy (non-hydrogen) atoms. The van der Waals surface area contributed by atoms with Gasteiger partial charge in [-0.25, -0.2) is 0 Å². The monoisotopic (exact) mass is 227 g/mol. The predicted molar refractivity (Wildman–Crippen MR) is 66.5 cm³/mol. The van der Waals surface area contributed by atoms with Crippen molar-refractivity contribution < 1.29 is 4.79 Å². The van der Waals surface area contributed by atoms with E-state index in [0.717, 1.165) is 32.6 Å². The minimum absolute atomic E-state index is 0.198. The Morgan fingerprint density at radius 2 is 2.00 bits per heavy atom. The lowest BCUT2D eigenvalue weighted by Crippen LogP contribution is -2.31. The smallest absolute Gasteiger partial charge is 0.221 e. The Labute approximate surface area is 98.8 Å². The Morgan fingerprint density at radius 3 is 2.69 bits per heavy atom. The highest BCUT2D eigenvalue weighted by Gasteiger charge is 2.12. The van der Waals surface area contributed by atoms with Crippen LogP contribution in [-0.4, -0.2) is 50.1 Å². The van der Waals surface area contributed by atoms with Crippen molar-refractivity contribution in [1.29, 1.82) is 0 Å². The normalized spacial score (nSPS) is 16.6. The summed E-state index contributed by atoms with van der Waals surface area (Å²) in [7, 11) is 0. The summed E-state index contributed by atoms with van der Waals surface area (Å²) >= 11 is 0. The first-order chi connectivity index (χ1) is 7.83. The van der Waals surface area contributed by atoms with Crippen molar-refractivity contribution in [3.8, 4) is 0 Å². The molecular formula is C12H25N3O. The van der Waals surface area contributed by atoms with Crippen LogP contribution in [0.5, 0.6) is 0 Å². The number of likely N-dealkylation sites (tertiary alicyclic amines) is 1. The summed E-state index contributed by atoms with van der Waals surface area (Å²) in [6.45, 7) is 8.16. The molecule has 0 aromatic carbocycles. The van der Waals surface area contributed by atoms with Crippen molar-refractivity contribution in [2.24, 2.45) is 0 Å². The zero-order valence-corrected chi connectivity index (χ0v) is 10.4. The molecule has 1 heterocycles. The number of carbonyl (C=O) groups is 1. The minimum Gasteiger partial charge on any atom is -0.356 e. The largest absolute Gasteiger partial charge is 0.356 e. The molecule has 4 heteroatoms. The third kappa shape index (κ3) is 6.08. The van der Waals surface area contributed by atoms with Crippen LogP contribution < -0.4 is 10.6 Å². The Balaban J connectivity index is 1.90. The van der Waals surface area contributed by atoms with E-state index >= 15 is 0 Å². The standard InChI is InChI=1S/C12H25N3O/c1-2-13-7-5-8-14-12(16)6-11-15-9-3-4-10-15/h13H,2-11H2,1H3,(H,14,16). The number of nitrogens with one attached hydrogen (secondary N) is 2. The number of nitrogens with zero attached hydrogens (tertiary/aromatic N) is 1. The van der Waals surface area contributed by atoms with E-state index in [0.29, 0.717) is 6.42 Å². The molecule has 94 valence electrons. The maximum atomic E-state index is 11.5. The van der Waals surface area contributed by atoms with Crippen LogP contribution in [0.1, 0.15) is 32.6 Å². The first kappa shape index (κ1) is 13.5. The van der Waals surface area contributed by atoms with Crippen LogP contribution in [0.4, 0.5) is 0 Å². The fraction of sp³-hybridized carbons (Fsp3) is 0.917. The molecule has 1 aliphatic rings. The third-order valence-corrected chi connectivity index (χ3v) is 2.96. The Bertz CT molecular complexity index is 191. The summed E-state index contributed by atoms with van der Waals surface area (Å²) in [5, 5.41) is 6.20. The molecule has 0 unspecified atom stereocenters. The van der Waals surface area contributed by atoms with Gasteiger partial charge in [-0.15, -0.1) is 0 Å². The van der Waals surface area contributed by atoms with Crippen molar-refractivity contribution in [2.75, 3.05) is 39.3 Å². The van der Waals surface area contributed by atoms with E-state index in [-0.39, 0.29) is 5.91 Å². The fourth-order valence-corrected chi connectivity index (χ4v) is 1.97. The van der Waals surface area contributed by atoms with E-state index in [1.807, 2.05) is 0 Å². The molecule has 1 amide bonds. The summed E-state index contributed by atoms with van der Waals surface area (Å²) in [5.41, 5.74) is 0. The summed E-state index contributed by atoms with van der Waals surface area (Å²) < 4.78 is 0. The van der Waals surface area contributed by atoms with Crippen LogP contribution in [0, 0.1) is 0 Å². The van der Waals surface area contributed by atoms with E-state index in [9.17, 15) is 4.79 Å². The van der Waals surface area contributed by atoms with Crippen LogP contribution in [-0.2, 0) is 4.79 Å². The molecule has 0 bridgehead atoms.